The van der Waals surface area contributed by atoms with E-state index in [9.17, 15) is 4.79 Å². The van der Waals surface area contributed by atoms with Gasteiger partial charge < -0.3 is 30.2 Å². The lowest BCUT2D eigenvalue weighted by atomic mass is 10.1. The minimum atomic E-state index is -2.17. The number of nitrogens with zero attached hydrogens (tertiary/aromatic N) is 1. The summed E-state index contributed by atoms with van der Waals surface area (Å²) >= 11 is 0. The molecule has 0 rings (SSSR count). The van der Waals surface area contributed by atoms with Gasteiger partial charge in [0.1, 0.15) is 0 Å². The molecule has 0 aliphatic rings. The number of carbonyl (C=O) groups excluding carboxylic acids is 1. The van der Waals surface area contributed by atoms with Crippen LogP contribution in [0.3, 0.4) is 0 Å². The number of carbonyl (C=O) groups is 1. The Bertz CT molecular complexity index is 374. The Morgan fingerprint density at radius 3 is 1.57 bits per heavy atom. The van der Waals surface area contributed by atoms with E-state index < -0.39 is 7.32 Å². The number of rotatable bonds is 19. The maximum atomic E-state index is 12.0. The van der Waals surface area contributed by atoms with Crippen LogP contribution in [-0.2, 0) is 4.79 Å². The lowest BCUT2D eigenvalue weighted by Crippen LogP contribution is -2.35. The largest absolute Gasteiger partial charge is 0.631 e. The van der Waals surface area contributed by atoms with Crippen LogP contribution in [0.5, 0.6) is 0 Å². The summed E-state index contributed by atoms with van der Waals surface area (Å²) in [6, 6.07) is 0. The van der Waals surface area contributed by atoms with Gasteiger partial charge in [0.15, 0.2) is 0 Å². The molecule has 0 aromatic rings. The van der Waals surface area contributed by atoms with Gasteiger partial charge >= 0.3 is 7.32 Å². The van der Waals surface area contributed by atoms with Crippen LogP contribution in [0, 0.1) is 0 Å². The Kier molecular flexibility index (Phi) is 27.2. The Morgan fingerprint density at radius 1 is 0.733 bits per heavy atom. The zero-order chi connectivity index (χ0) is 22.9. The second kappa shape index (κ2) is 26.1. The van der Waals surface area contributed by atoms with Gasteiger partial charge in [-0.05, 0) is 32.1 Å². The molecule has 0 fully saturated rings. The van der Waals surface area contributed by atoms with Crippen LogP contribution in [0.1, 0.15) is 96.8 Å². The molecule has 0 aliphatic heterocycles. The molecule has 0 bridgehead atoms. The van der Waals surface area contributed by atoms with E-state index in [1.165, 1.54) is 70.6 Å². The number of amides is 1. The van der Waals surface area contributed by atoms with Gasteiger partial charge in [0.25, 0.3) is 0 Å². The highest BCUT2D eigenvalue weighted by atomic mass is 16.5. The molecule has 0 spiro atoms. The lowest BCUT2D eigenvalue weighted by molar-refractivity contribution is -0.132. The first-order valence-electron chi connectivity index (χ1n) is 11.7. The van der Waals surface area contributed by atoms with Crippen LogP contribution in [0.15, 0.2) is 12.2 Å². The van der Waals surface area contributed by atoms with E-state index in [0.29, 0.717) is 19.5 Å². The maximum absolute atomic E-state index is 12.0. The van der Waals surface area contributed by atoms with Crippen molar-refractivity contribution < 1.29 is 30.1 Å². The summed E-state index contributed by atoms with van der Waals surface area (Å²) < 4.78 is 0. The quantitative estimate of drug-likeness (QED) is 0.122. The molecule has 7 nitrogen and oxygen atoms in total. The fraction of sp³-hybridized carbons (Fsp3) is 0.864. The predicted molar refractivity (Wildman–Crippen MR) is 123 cm³/mol. The van der Waals surface area contributed by atoms with Crippen molar-refractivity contribution in [3.63, 3.8) is 0 Å². The van der Waals surface area contributed by atoms with Gasteiger partial charge in [0.05, 0.1) is 13.2 Å². The first-order chi connectivity index (χ1) is 14.5. The standard InChI is InChI=1S/C22H43NO3.BH3O3/c1-2-3-4-5-6-7-8-9-10-11-12-13-14-15-16-17-22(26)23(18-20-24)19-21-25;2-1(3)4/h9-10,24-25H,2-8,11-21H2,1H3;2-4H/b10-9-;. The SMILES string of the molecule is CCCCCCCC/C=C\CCCCCCCC(=O)N(CCO)CCO.OB(O)O. The van der Waals surface area contributed by atoms with E-state index in [0.717, 1.165) is 12.8 Å². The Balaban J connectivity index is 0. The predicted octanol–water partition coefficient (Wildman–Crippen LogP) is 2.79. The summed E-state index contributed by atoms with van der Waals surface area (Å²) in [5.41, 5.74) is 0. The van der Waals surface area contributed by atoms with E-state index >= 15 is 0 Å². The lowest BCUT2D eigenvalue weighted by Gasteiger charge is -2.20. The fourth-order valence-corrected chi connectivity index (χ4v) is 3.11. The molecule has 0 unspecified atom stereocenters. The molecule has 1 amide bonds. The van der Waals surface area contributed by atoms with Crippen LogP contribution in [-0.4, -0.2) is 69.7 Å². The second-order valence-electron chi connectivity index (χ2n) is 7.51. The van der Waals surface area contributed by atoms with Crippen molar-refractivity contribution in [2.45, 2.75) is 96.8 Å². The number of aliphatic hydroxyl groups is 2. The third kappa shape index (κ3) is 27.1. The summed E-state index contributed by atoms with van der Waals surface area (Å²) in [5.74, 6) is 0.0470. The van der Waals surface area contributed by atoms with Gasteiger partial charge in [-0.1, -0.05) is 70.4 Å². The highest BCUT2D eigenvalue weighted by Gasteiger charge is 2.11. The van der Waals surface area contributed by atoms with Crippen molar-refractivity contribution in [1.29, 1.82) is 0 Å². The zero-order valence-electron chi connectivity index (χ0n) is 19.1. The second-order valence-corrected chi connectivity index (χ2v) is 7.51. The summed E-state index contributed by atoms with van der Waals surface area (Å²) in [6.07, 6.45) is 21.4. The first kappa shape index (κ1) is 31.3. The third-order valence-corrected chi connectivity index (χ3v) is 4.74. The number of aliphatic hydroxyl groups excluding tert-OH is 2. The molecule has 5 N–H and O–H groups in total. The van der Waals surface area contributed by atoms with Gasteiger partial charge in [-0.2, -0.15) is 0 Å². The number of allylic oxidation sites excluding steroid dienone is 2. The molecule has 8 heteroatoms. The Labute approximate surface area is 184 Å². The van der Waals surface area contributed by atoms with Crippen molar-refractivity contribution in [3.05, 3.63) is 12.2 Å². The van der Waals surface area contributed by atoms with Crippen LogP contribution in [0.2, 0.25) is 0 Å². The first-order valence-corrected chi connectivity index (χ1v) is 11.7. The molecule has 0 atom stereocenters. The molecule has 30 heavy (non-hydrogen) atoms. The summed E-state index contributed by atoms with van der Waals surface area (Å²) in [4.78, 5) is 13.5. The van der Waals surface area contributed by atoms with Crippen LogP contribution >= 0.6 is 0 Å². The summed E-state index contributed by atoms with van der Waals surface area (Å²) in [7, 11) is -2.17. The van der Waals surface area contributed by atoms with E-state index in [1.54, 1.807) is 4.90 Å². The molecule has 0 saturated heterocycles. The minimum absolute atomic E-state index is 0.0435. The number of hydrogen-bond donors (Lipinski definition) is 5. The van der Waals surface area contributed by atoms with E-state index in [1.807, 2.05) is 0 Å². The van der Waals surface area contributed by atoms with Crippen LogP contribution < -0.4 is 0 Å². The molecule has 178 valence electrons. The molecular formula is C22H46BNO6. The highest BCUT2D eigenvalue weighted by Crippen LogP contribution is 2.10. The van der Waals surface area contributed by atoms with Crippen molar-refractivity contribution in [3.8, 4) is 0 Å². The van der Waals surface area contributed by atoms with Crippen LogP contribution in [0.25, 0.3) is 0 Å². The van der Waals surface area contributed by atoms with Crippen molar-refractivity contribution >= 4 is 13.2 Å². The van der Waals surface area contributed by atoms with E-state index in [-0.39, 0.29) is 19.1 Å². The fourth-order valence-electron chi connectivity index (χ4n) is 3.11. The molecule has 0 heterocycles. The zero-order valence-corrected chi connectivity index (χ0v) is 19.1. The molecule has 0 aromatic carbocycles. The molecule has 0 saturated carbocycles. The Morgan fingerprint density at radius 2 is 1.13 bits per heavy atom. The average molecular weight is 431 g/mol. The van der Waals surface area contributed by atoms with E-state index in [4.69, 9.17) is 25.3 Å². The molecular weight excluding hydrogens is 385 g/mol. The normalized spacial score (nSPS) is 10.7. The number of unbranched alkanes of at least 4 members (excludes halogenated alkanes) is 11. The monoisotopic (exact) mass is 431 g/mol. The smallest absolute Gasteiger partial charge is 0.402 e. The third-order valence-electron chi connectivity index (χ3n) is 4.74. The van der Waals surface area contributed by atoms with Gasteiger partial charge in [-0.15, -0.1) is 0 Å². The van der Waals surface area contributed by atoms with Gasteiger partial charge in [-0.25, -0.2) is 0 Å². The molecule has 0 aliphatic carbocycles. The maximum Gasteiger partial charge on any atom is 0.631 e. The van der Waals surface area contributed by atoms with E-state index in [2.05, 4.69) is 19.1 Å². The van der Waals surface area contributed by atoms with Gasteiger partial charge in [0.2, 0.25) is 5.91 Å². The van der Waals surface area contributed by atoms with Crippen molar-refractivity contribution in [2.24, 2.45) is 0 Å². The Hall–Kier alpha value is -0.925. The highest BCUT2D eigenvalue weighted by molar-refractivity contribution is 6.30. The molecule has 0 aromatic heterocycles. The topological polar surface area (TPSA) is 121 Å². The molecule has 0 radical (unpaired) electrons. The average Bonchev–Trinajstić information content (AvgIpc) is 2.70. The van der Waals surface area contributed by atoms with Crippen molar-refractivity contribution in [2.75, 3.05) is 26.3 Å². The van der Waals surface area contributed by atoms with Crippen LogP contribution in [0.4, 0.5) is 0 Å². The minimum Gasteiger partial charge on any atom is -0.402 e. The summed E-state index contributed by atoms with van der Waals surface area (Å²) in [6.45, 7) is 2.82. The number of hydrogen-bond acceptors (Lipinski definition) is 6. The summed E-state index contributed by atoms with van der Waals surface area (Å²) in [5, 5.41) is 39.4. The van der Waals surface area contributed by atoms with Gasteiger partial charge in [0, 0.05) is 19.5 Å². The van der Waals surface area contributed by atoms with Crippen molar-refractivity contribution in [1.82, 2.24) is 4.90 Å². The van der Waals surface area contributed by atoms with Gasteiger partial charge in [-0.3, -0.25) is 4.79 Å².